The van der Waals surface area contributed by atoms with Gasteiger partial charge in [0.25, 0.3) is 0 Å². The summed E-state index contributed by atoms with van der Waals surface area (Å²) in [6.45, 7) is 15.7. The molecule has 106 valence electrons. The standard InChI is InChI=1S/C9H16O2.3C2H6/c1-7-3-5-9(6-4-7)11-8(2)10;3*1-2/h7,9H,3-6H2,1-2H3;3*1-2H3. The van der Waals surface area contributed by atoms with E-state index in [9.17, 15) is 4.79 Å². The number of hydrogen-bond donors (Lipinski definition) is 0. The minimum absolute atomic E-state index is 0.135. The third-order valence-electron chi connectivity index (χ3n) is 2.30. The van der Waals surface area contributed by atoms with E-state index in [-0.39, 0.29) is 12.1 Å². The molecule has 1 saturated carbocycles. The van der Waals surface area contributed by atoms with Crippen molar-refractivity contribution in [3.05, 3.63) is 0 Å². The second-order valence-electron chi connectivity index (χ2n) is 3.49. The third kappa shape index (κ3) is 15.5. The van der Waals surface area contributed by atoms with E-state index < -0.39 is 0 Å². The van der Waals surface area contributed by atoms with Crippen molar-refractivity contribution in [1.82, 2.24) is 0 Å². The number of hydrogen-bond acceptors (Lipinski definition) is 2. The summed E-state index contributed by atoms with van der Waals surface area (Å²) in [5.41, 5.74) is 0. The molecule has 2 heteroatoms. The minimum atomic E-state index is -0.135. The zero-order valence-electron chi connectivity index (χ0n) is 13.3. The monoisotopic (exact) mass is 246 g/mol. The van der Waals surface area contributed by atoms with Gasteiger partial charge >= 0.3 is 5.97 Å². The van der Waals surface area contributed by atoms with Gasteiger partial charge in [0.05, 0.1) is 0 Å². The van der Waals surface area contributed by atoms with Gasteiger partial charge in [0.2, 0.25) is 0 Å². The van der Waals surface area contributed by atoms with Crippen LogP contribution in [0.2, 0.25) is 0 Å². The number of carbonyl (C=O) groups is 1. The van der Waals surface area contributed by atoms with Gasteiger partial charge in [-0.25, -0.2) is 0 Å². The largest absolute Gasteiger partial charge is 0.463 e. The highest BCUT2D eigenvalue weighted by molar-refractivity contribution is 5.66. The van der Waals surface area contributed by atoms with Gasteiger partial charge in [0.1, 0.15) is 6.10 Å². The van der Waals surface area contributed by atoms with Crippen LogP contribution < -0.4 is 0 Å². The Bertz CT molecular complexity index is 136. The molecule has 0 bridgehead atoms. The first kappa shape index (κ1) is 21.7. The molecule has 1 rings (SSSR count). The van der Waals surface area contributed by atoms with Gasteiger partial charge in [-0.15, -0.1) is 0 Å². The van der Waals surface area contributed by atoms with Gasteiger partial charge in [0, 0.05) is 6.92 Å². The van der Waals surface area contributed by atoms with Crippen molar-refractivity contribution in [1.29, 1.82) is 0 Å². The van der Waals surface area contributed by atoms with Crippen molar-refractivity contribution in [2.45, 2.75) is 87.2 Å². The third-order valence-corrected chi connectivity index (χ3v) is 2.30. The van der Waals surface area contributed by atoms with E-state index >= 15 is 0 Å². The Balaban J connectivity index is -0.000000285. The van der Waals surface area contributed by atoms with E-state index in [1.54, 1.807) is 0 Å². The maximum Gasteiger partial charge on any atom is 0.302 e. The maximum atomic E-state index is 10.6. The van der Waals surface area contributed by atoms with Crippen LogP contribution in [0.1, 0.15) is 81.1 Å². The SMILES string of the molecule is CC.CC.CC.CC(=O)OC1CCC(C)CC1. The lowest BCUT2D eigenvalue weighted by Gasteiger charge is -2.25. The molecule has 0 aliphatic heterocycles. The summed E-state index contributed by atoms with van der Waals surface area (Å²) in [6.07, 6.45) is 4.74. The second-order valence-corrected chi connectivity index (χ2v) is 3.49. The molecule has 2 nitrogen and oxygen atoms in total. The van der Waals surface area contributed by atoms with Gasteiger partial charge in [-0.1, -0.05) is 48.5 Å². The quantitative estimate of drug-likeness (QED) is 0.594. The summed E-state index contributed by atoms with van der Waals surface area (Å²) in [6, 6.07) is 0. The first-order chi connectivity index (χ1) is 8.18. The van der Waals surface area contributed by atoms with Crippen LogP contribution >= 0.6 is 0 Å². The minimum Gasteiger partial charge on any atom is -0.463 e. The van der Waals surface area contributed by atoms with Crippen molar-refractivity contribution in [2.24, 2.45) is 5.92 Å². The van der Waals surface area contributed by atoms with Gasteiger partial charge in [-0.3, -0.25) is 4.79 Å². The molecular formula is C15H34O2. The smallest absolute Gasteiger partial charge is 0.302 e. The van der Waals surface area contributed by atoms with E-state index in [4.69, 9.17) is 4.74 Å². The summed E-state index contributed by atoms with van der Waals surface area (Å²) in [5.74, 6) is 0.686. The van der Waals surface area contributed by atoms with Crippen LogP contribution in [-0.2, 0) is 9.53 Å². The molecule has 0 aromatic carbocycles. The van der Waals surface area contributed by atoms with Crippen LogP contribution in [-0.4, -0.2) is 12.1 Å². The molecule has 1 aliphatic carbocycles. The Morgan fingerprint density at radius 2 is 1.24 bits per heavy atom. The second kappa shape index (κ2) is 17.9. The zero-order valence-corrected chi connectivity index (χ0v) is 13.3. The Morgan fingerprint density at radius 3 is 1.53 bits per heavy atom. The Morgan fingerprint density at radius 1 is 0.882 bits per heavy atom. The molecule has 0 atom stereocenters. The van der Waals surface area contributed by atoms with Gasteiger partial charge in [-0.05, 0) is 31.6 Å². The van der Waals surface area contributed by atoms with Crippen LogP contribution in [0.25, 0.3) is 0 Å². The average Bonchev–Trinajstić information content (AvgIpc) is 2.39. The van der Waals surface area contributed by atoms with Crippen molar-refractivity contribution in [3.63, 3.8) is 0 Å². The summed E-state index contributed by atoms with van der Waals surface area (Å²) in [4.78, 5) is 10.6. The number of esters is 1. The summed E-state index contributed by atoms with van der Waals surface area (Å²) in [5, 5.41) is 0. The Hall–Kier alpha value is -0.530. The lowest BCUT2D eigenvalue weighted by Crippen LogP contribution is -2.22. The zero-order chi connectivity index (χ0) is 14.3. The van der Waals surface area contributed by atoms with Crippen molar-refractivity contribution >= 4 is 5.97 Å². The van der Waals surface area contributed by atoms with Gasteiger partial charge in [0.15, 0.2) is 0 Å². The molecule has 0 aromatic heterocycles. The number of ether oxygens (including phenoxy) is 1. The van der Waals surface area contributed by atoms with Gasteiger partial charge < -0.3 is 4.74 Å². The molecular weight excluding hydrogens is 212 g/mol. The molecule has 17 heavy (non-hydrogen) atoms. The van der Waals surface area contributed by atoms with Crippen molar-refractivity contribution in [3.8, 4) is 0 Å². The molecule has 0 spiro atoms. The summed E-state index contributed by atoms with van der Waals surface area (Å²) in [7, 11) is 0. The fourth-order valence-corrected chi connectivity index (χ4v) is 1.58. The molecule has 0 unspecified atom stereocenters. The van der Waals surface area contributed by atoms with Crippen LogP contribution in [0, 0.1) is 5.92 Å². The highest BCUT2D eigenvalue weighted by Gasteiger charge is 2.19. The first-order valence-electron chi connectivity index (χ1n) is 7.35. The normalized spacial score (nSPS) is 21.4. The maximum absolute atomic E-state index is 10.6. The molecule has 1 aliphatic rings. The molecule has 0 heterocycles. The fourth-order valence-electron chi connectivity index (χ4n) is 1.58. The molecule has 0 amide bonds. The topological polar surface area (TPSA) is 26.3 Å². The van der Waals surface area contributed by atoms with E-state index in [0.717, 1.165) is 18.8 Å². The van der Waals surface area contributed by atoms with E-state index in [1.165, 1.54) is 19.8 Å². The van der Waals surface area contributed by atoms with Crippen molar-refractivity contribution in [2.75, 3.05) is 0 Å². The van der Waals surface area contributed by atoms with Gasteiger partial charge in [-0.2, -0.15) is 0 Å². The molecule has 0 saturated heterocycles. The van der Waals surface area contributed by atoms with Crippen LogP contribution in [0.3, 0.4) is 0 Å². The van der Waals surface area contributed by atoms with Crippen LogP contribution in [0.15, 0.2) is 0 Å². The average molecular weight is 246 g/mol. The fraction of sp³-hybridized carbons (Fsp3) is 0.933. The highest BCUT2D eigenvalue weighted by Crippen LogP contribution is 2.25. The highest BCUT2D eigenvalue weighted by atomic mass is 16.5. The van der Waals surface area contributed by atoms with Crippen LogP contribution in [0.4, 0.5) is 0 Å². The lowest BCUT2D eigenvalue weighted by atomic mass is 9.89. The van der Waals surface area contributed by atoms with E-state index in [1.807, 2.05) is 41.5 Å². The first-order valence-corrected chi connectivity index (χ1v) is 7.35. The van der Waals surface area contributed by atoms with Crippen molar-refractivity contribution < 1.29 is 9.53 Å². The molecule has 1 fully saturated rings. The molecule has 0 N–H and O–H groups in total. The predicted octanol–water partition coefficient (Wildman–Crippen LogP) is 5.21. The Kier molecular flexibility index (Phi) is 22.8. The predicted molar refractivity (Wildman–Crippen MR) is 77.2 cm³/mol. The van der Waals surface area contributed by atoms with E-state index in [0.29, 0.717) is 0 Å². The summed E-state index contributed by atoms with van der Waals surface area (Å²) < 4.78 is 5.10. The summed E-state index contributed by atoms with van der Waals surface area (Å²) >= 11 is 0. The number of rotatable bonds is 1. The number of carbonyl (C=O) groups excluding carboxylic acids is 1. The Labute approximate surface area is 109 Å². The molecule has 0 aromatic rings. The molecule has 0 radical (unpaired) electrons. The lowest BCUT2D eigenvalue weighted by molar-refractivity contribution is -0.148. The van der Waals surface area contributed by atoms with E-state index in [2.05, 4.69) is 6.92 Å². The van der Waals surface area contributed by atoms with Crippen LogP contribution in [0.5, 0.6) is 0 Å².